The standard InChI is InChI=1S/C15H11N3O4S2/c19-14(13-7-4-8-22-13)18-17-10-11-9-16-15(23-11)24(20,21)12-5-2-1-3-6-12/h1-10H,(H,18,19)/b17-10+. The molecule has 0 saturated carbocycles. The number of hydrazone groups is 1. The number of carbonyl (C=O) groups is 1. The number of nitrogens with zero attached hydrogens (tertiary/aromatic N) is 2. The van der Waals surface area contributed by atoms with E-state index in [4.69, 9.17) is 4.42 Å². The molecule has 122 valence electrons. The highest BCUT2D eigenvalue weighted by Crippen LogP contribution is 2.24. The van der Waals surface area contributed by atoms with Crippen molar-refractivity contribution < 1.29 is 17.6 Å². The number of sulfone groups is 1. The van der Waals surface area contributed by atoms with Gasteiger partial charge in [0.25, 0.3) is 0 Å². The van der Waals surface area contributed by atoms with E-state index in [-0.39, 0.29) is 15.0 Å². The molecule has 7 nitrogen and oxygen atoms in total. The quantitative estimate of drug-likeness (QED) is 0.555. The molecule has 1 amide bonds. The molecule has 0 saturated heterocycles. The van der Waals surface area contributed by atoms with Crippen LogP contribution < -0.4 is 5.43 Å². The third-order valence-electron chi connectivity index (χ3n) is 2.89. The lowest BCUT2D eigenvalue weighted by molar-refractivity contribution is 0.0927. The van der Waals surface area contributed by atoms with Crippen LogP contribution in [0.15, 0.2) is 73.7 Å². The molecule has 3 rings (SSSR count). The maximum absolute atomic E-state index is 12.4. The van der Waals surface area contributed by atoms with Crippen LogP contribution in [0.1, 0.15) is 15.4 Å². The molecule has 24 heavy (non-hydrogen) atoms. The number of hydrogen-bond acceptors (Lipinski definition) is 7. The molecule has 1 N–H and O–H groups in total. The van der Waals surface area contributed by atoms with Crippen LogP contribution in [0, 0.1) is 0 Å². The second-order valence-corrected chi connectivity index (χ2v) is 7.71. The lowest BCUT2D eigenvalue weighted by atomic mass is 10.4. The molecular weight excluding hydrogens is 350 g/mol. The number of aromatic nitrogens is 1. The van der Waals surface area contributed by atoms with E-state index in [1.165, 1.54) is 36.9 Å². The highest BCUT2D eigenvalue weighted by atomic mass is 32.2. The molecular formula is C15H11N3O4S2. The summed E-state index contributed by atoms with van der Waals surface area (Å²) in [7, 11) is -3.65. The largest absolute Gasteiger partial charge is 0.459 e. The summed E-state index contributed by atoms with van der Waals surface area (Å²) in [5, 5.41) is 3.76. The smallest absolute Gasteiger partial charge is 0.307 e. The average Bonchev–Trinajstić information content (AvgIpc) is 3.28. The summed E-state index contributed by atoms with van der Waals surface area (Å²) in [6.45, 7) is 0. The molecule has 0 bridgehead atoms. The monoisotopic (exact) mass is 361 g/mol. The number of rotatable bonds is 5. The van der Waals surface area contributed by atoms with Crippen molar-refractivity contribution in [2.45, 2.75) is 9.24 Å². The highest BCUT2D eigenvalue weighted by Gasteiger charge is 2.21. The van der Waals surface area contributed by atoms with Crippen LogP contribution in [0.2, 0.25) is 0 Å². The van der Waals surface area contributed by atoms with Crippen LogP contribution in [0.3, 0.4) is 0 Å². The first-order chi connectivity index (χ1) is 11.6. The van der Waals surface area contributed by atoms with Crippen molar-refractivity contribution in [3.8, 4) is 0 Å². The third kappa shape index (κ3) is 3.42. The third-order valence-corrected chi connectivity index (χ3v) is 5.98. The van der Waals surface area contributed by atoms with Crippen LogP contribution in [0.5, 0.6) is 0 Å². The van der Waals surface area contributed by atoms with Gasteiger partial charge in [-0.05, 0) is 24.3 Å². The number of hydrogen-bond donors (Lipinski definition) is 1. The Morgan fingerprint density at radius 1 is 1.21 bits per heavy atom. The van der Waals surface area contributed by atoms with Gasteiger partial charge in [0, 0.05) is 6.20 Å². The number of benzene rings is 1. The molecule has 3 aromatic rings. The molecule has 0 aliphatic heterocycles. The van der Waals surface area contributed by atoms with Crippen molar-refractivity contribution in [2.75, 3.05) is 0 Å². The van der Waals surface area contributed by atoms with Gasteiger partial charge in [-0.3, -0.25) is 4.79 Å². The summed E-state index contributed by atoms with van der Waals surface area (Å²) < 4.78 is 29.7. The van der Waals surface area contributed by atoms with Gasteiger partial charge in [-0.1, -0.05) is 18.2 Å². The van der Waals surface area contributed by atoms with Gasteiger partial charge in [0.15, 0.2) is 5.76 Å². The van der Waals surface area contributed by atoms with Gasteiger partial charge in [-0.25, -0.2) is 18.8 Å². The minimum absolute atomic E-state index is 0.0347. The van der Waals surface area contributed by atoms with Crippen molar-refractivity contribution in [1.82, 2.24) is 10.4 Å². The molecule has 9 heteroatoms. The minimum Gasteiger partial charge on any atom is -0.459 e. The number of nitrogens with one attached hydrogen (secondary N) is 1. The molecule has 0 unspecified atom stereocenters. The van der Waals surface area contributed by atoms with Crippen LogP contribution in [0.4, 0.5) is 0 Å². The SMILES string of the molecule is O=C(N/N=C/c1cnc(S(=O)(=O)c2ccccc2)s1)c1ccco1. The van der Waals surface area contributed by atoms with Crippen molar-refractivity contribution in [1.29, 1.82) is 0 Å². The van der Waals surface area contributed by atoms with Crippen molar-refractivity contribution in [2.24, 2.45) is 5.10 Å². The van der Waals surface area contributed by atoms with Gasteiger partial charge in [0.1, 0.15) is 0 Å². The first-order valence-corrected chi connectivity index (χ1v) is 9.00. The number of amides is 1. The zero-order valence-corrected chi connectivity index (χ0v) is 13.8. The Morgan fingerprint density at radius 2 is 2.00 bits per heavy atom. The Balaban J connectivity index is 1.72. The lowest BCUT2D eigenvalue weighted by Gasteiger charge is -1.98. The van der Waals surface area contributed by atoms with Gasteiger partial charge in [0.05, 0.1) is 22.3 Å². The molecule has 0 atom stereocenters. The van der Waals surface area contributed by atoms with E-state index in [1.54, 1.807) is 24.3 Å². The zero-order chi connectivity index (χ0) is 17.0. The number of carbonyl (C=O) groups excluding carboxylic acids is 1. The zero-order valence-electron chi connectivity index (χ0n) is 12.1. The van der Waals surface area contributed by atoms with Crippen LogP contribution in [-0.4, -0.2) is 25.5 Å². The molecule has 0 aliphatic rings. The fraction of sp³-hybridized carbons (Fsp3) is 0. The summed E-state index contributed by atoms with van der Waals surface area (Å²) in [4.78, 5) is 16.2. The summed E-state index contributed by atoms with van der Waals surface area (Å²) in [5.41, 5.74) is 2.28. The summed E-state index contributed by atoms with van der Waals surface area (Å²) in [6.07, 6.45) is 4.08. The molecule has 0 aliphatic carbocycles. The van der Waals surface area contributed by atoms with Gasteiger partial charge in [-0.15, -0.1) is 11.3 Å². The normalized spacial score (nSPS) is 11.7. The molecule has 0 spiro atoms. The Morgan fingerprint density at radius 3 is 2.71 bits per heavy atom. The second kappa shape index (κ2) is 6.77. The first kappa shape index (κ1) is 16.1. The van der Waals surface area contributed by atoms with E-state index >= 15 is 0 Å². The predicted octanol–water partition coefficient (Wildman–Crippen LogP) is 2.33. The Kier molecular flexibility index (Phi) is 4.54. The van der Waals surface area contributed by atoms with E-state index in [9.17, 15) is 13.2 Å². The van der Waals surface area contributed by atoms with Crippen LogP contribution >= 0.6 is 11.3 Å². The van der Waals surface area contributed by atoms with Crippen LogP contribution in [0.25, 0.3) is 0 Å². The van der Waals surface area contributed by atoms with Crippen molar-refractivity contribution in [3.63, 3.8) is 0 Å². The van der Waals surface area contributed by atoms with Gasteiger partial charge < -0.3 is 4.42 Å². The molecule has 1 aromatic carbocycles. The summed E-state index contributed by atoms with van der Waals surface area (Å²) >= 11 is 0.961. The van der Waals surface area contributed by atoms with E-state index in [0.29, 0.717) is 4.88 Å². The maximum Gasteiger partial charge on any atom is 0.307 e. The van der Waals surface area contributed by atoms with E-state index in [0.717, 1.165) is 11.3 Å². The van der Waals surface area contributed by atoms with Crippen LogP contribution in [-0.2, 0) is 9.84 Å². The highest BCUT2D eigenvalue weighted by molar-refractivity contribution is 7.93. The summed E-state index contributed by atoms with van der Waals surface area (Å²) in [5.74, 6) is -0.373. The number of furan rings is 1. The first-order valence-electron chi connectivity index (χ1n) is 6.70. The fourth-order valence-electron chi connectivity index (χ4n) is 1.77. The van der Waals surface area contributed by atoms with Gasteiger partial charge in [-0.2, -0.15) is 5.10 Å². The van der Waals surface area contributed by atoms with E-state index < -0.39 is 15.7 Å². The van der Waals surface area contributed by atoms with Crippen molar-refractivity contribution in [3.05, 3.63) is 65.6 Å². The topological polar surface area (TPSA) is 102 Å². The molecule has 0 fully saturated rings. The van der Waals surface area contributed by atoms with Gasteiger partial charge >= 0.3 is 5.91 Å². The second-order valence-electron chi connectivity index (χ2n) is 4.52. The minimum atomic E-state index is -3.65. The number of thiazole rings is 1. The van der Waals surface area contributed by atoms with E-state index in [1.807, 2.05) is 0 Å². The fourth-order valence-corrected chi connectivity index (χ4v) is 4.21. The van der Waals surface area contributed by atoms with E-state index in [2.05, 4.69) is 15.5 Å². The molecule has 0 radical (unpaired) electrons. The molecule has 2 heterocycles. The average molecular weight is 361 g/mol. The molecule has 2 aromatic heterocycles. The Bertz CT molecular complexity index is 961. The lowest BCUT2D eigenvalue weighted by Crippen LogP contribution is -2.16. The van der Waals surface area contributed by atoms with Crippen molar-refractivity contribution >= 4 is 33.3 Å². The Labute approximate surface area is 141 Å². The Hall–Kier alpha value is -2.78. The summed E-state index contributed by atoms with van der Waals surface area (Å²) in [6, 6.07) is 11.1. The maximum atomic E-state index is 12.4. The van der Waals surface area contributed by atoms with Gasteiger partial charge in [0.2, 0.25) is 14.2 Å². The predicted molar refractivity (Wildman–Crippen MR) is 87.8 cm³/mol.